The number of nitrogens with one attached hydrogen (secondary N) is 2. The molecule has 11 atom stereocenters. The van der Waals surface area contributed by atoms with E-state index in [2.05, 4.69) is 37.7 Å². The molecule has 242 valence electrons. The summed E-state index contributed by atoms with van der Waals surface area (Å²) in [6.07, 6.45) is 8.58. The Morgan fingerprint density at radius 1 is 1.05 bits per heavy atom. The van der Waals surface area contributed by atoms with Crippen molar-refractivity contribution >= 4 is 21.7 Å². The zero-order valence-corrected chi connectivity index (χ0v) is 27.9. The average Bonchev–Trinajstić information content (AvgIpc) is 3.31. The van der Waals surface area contributed by atoms with E-state index in [0.717, 1.165) is 57.1 Å². The molecule has 0 bridgehead atoms. The van der Waals surface area contributed by atoms with E-state index in [1.165, 1.54) is 12.5 Å². The zero-order chi connectivity index (χ0) is 31.3. The topological polar surface area (TPSA) is 119 Å². The lowest BCUT2D eigenvalue weighted by atomic mass is 9.41. The van der Waals surface area contributed by atoms with Gasteiger partial charge in [-0.15, -0.1) is 0 Å². The van der Waals surface area contributed by atoms with Crippen LogP contribution in [-0.2, 0) is 10.0 Å². The number of carbonyl (C=O) groups is 1. The van der Waals surface area contributed by atoms with Gasteiger partial charge in [-0.1, -0.05) is 40.2 Å². The third-order valence-corrected chi connectivity index (χ3v) is 14.2. The fourth-order valence-electron chi connectivity index (χ4n) is 10.7. The van der Waals surface area contributed by atoms with Gasteiger partial charge in [-0.3, -0.25) is 0 Å². The lowest BCUT2D eigenvalue weighted by molar-refractivity contribution is -0.203. The summed E-state index contributed by atoms with van der Waals surface area (Å²) in [5.41, 5.74) is 1.09. The van der Waals surface area contributed by atoms with Gasteiger partial charge in [0.1, 0.15) is 0 Å². The van der Waals surface area contributed by atoms with Gasteiger partial charge in [0.25, 0.3) is 10.0 Å². The van der Waals surface area contributed by atoms with Crippen LogP contribution in [0.4, 0.5) is 10.5 Å². The van der Waals surface area contributed by atoms with E-state index in [9.17, 15) is 23.4 Å². The fraction of sp³-hybridized carbons (Fsp3) is 0.794. The van der Waals surface area contributed by atoms with Gasteiger partial charge in [-0.05, 0) is 122 Å². The lowest BCUT2D eigenvalue weighted by Crippen LogP contribution is -2.62. The molecule has 0 aliphatic heterocycles. The van der Waals surface area contributed by atoms with Crippen molar-refractivity contribution in [3.63, 3.8) is 0 Å². The molecule has 8 nitrogen and oxygen atoms in total. The second-order valence-corrected chi connectivity index (χ2v) is 16.8. The first-order valence-electron chi connectivity index (χ1n) is 16.7. The number of nitrogens with zero attached hydrogens (tertiary/aromatic N) is 1. The molecule has 0 aromatic heterocycles. The highest BCUT2D eigenvalue weighted by Crippen LogP contribution is 2.69. The van der Waals surface area contributed by atoms with Crippen molar-refractivity contribution in [1.29, 1.82) is 0 Å². The molecule has 0 saturated heterocycles. The maximum Gasteiger partial charge on any atom is 0.328 e. The highest BCUT2D eigenvalue weighted by molar-refractivity contribution is 7.90. The second-order valence-electron chi connectivity index (χ2n) is 15.1. The van der Waals surface area contributed by atoms with Crippen LogP contribution < -0.4 is 14.9 Å². The van der Waals surface area contributed by atoms with Crippen LogP contribution in [0.5, 0.6) is 0 Å². The number of rotatable bonds is 8. The average molecular weight is 618 g/mol. The quantitative estimate of drug-likeness (QED) is 0.311. The smallest absolute Gasteiger partial charge is 0.328 e. The van der Waals surface area contributed by atoms with Gasteiger partial charge < -0.3 is 20.4 Å². The van der Waals surface area contributed by atoms with Gasteiger partial charge in [-0.25, -0.2) is 17.9 Å². The Morgan fingerprint density at radius 3 is 2.44 bits per heavy atom. The van der Waals surface area contributed by atoms with Gasteiger partial charge >= 0.3 is 6.03 Å². The molecule has 1 aromatic carbocycles. The van der Waals surface area contributed by atoms with E-state index in [1.54, 1.807) is 12.1 Å². The summed E-state index contributed by atoms with van der Waals surface area (Å²) in [6, 6.07) is 5.82. The standard InChI is InChI=1S/C34H55N3O5S/c1-7-25-29-20-23(38)13-16-34(29,4)28-14-17-33(3)26(11-12-27(33)30(28)31(25)39)21(2)15-18-35-32(40)36-43(41,42)24-10-8-9-22(19-24)37(5)6/h8-10,19,21,23,25-31,38-39H,7,11-18,20H2,1-6H3,(H2,35,36,40)/t21-,23-,25-,26?,27+,28+,29?,30?,31-,33-,34-/m1/s1. The van der Waals surface area contributed by atoms with E-state index in [1.807, 2.05) is 25.1 Å². The first-order chi connectivity index (χ1) is 20.2. The Bertz CT molecular complexity index is 1270. The molecular formula is C34H55N3O5S. The van der Waals surface area contributed by atoms with Crippen molar-refractivity contribution in [2.75, 3.05) is 25.5 Å². The molecule has 0 spiro atoms. The SMILES string of the molecule is CC[C@@H]1C2C[C@H](O)CC[C@]2(C)[C@H]2CC[C@]3(C)C([C@H](C)CCNC(=O)NS(=O)(=O)c4cccc(N(C)C)c4)CC[C@H]3C2[C@@H]1O. The van der Waals surface area contributed by atoms with E-state index in [0.29, 0.717) is 42.1 Å². The Balaban J connectivity index is 1.21. The van der Waals surface area contributed by atoms with Gasteiger partial charge in [0, 0.05) is 26.3 Å². The third kappa shape index (κ3) is 5.83. The van der Waals surface area contributed by atoms with Crippen LogP contribution in [0.25, 0.3) is 0 Å². The van der Waals surface area contributed by atoms with E-state index >= 15 is 0 Å². The van der Waals surface area contributed by atoms with Crippen LogP contribution in [0.1, 0.15) is 85.5 Å². The van der Waals surface area contributed by atoms with Gasteiger partial charge in [0.15, 0.2) is 0 Å². The molecule has 4 fully saturated rings. The molecule has 9 heteroatoms. The molecule has 3 unspecified atom stereocenters. The van der Waals surface area contributed by atoms with Crippen molar-refractivity contribution < 1.29 is 23.4 Å². The number of sulfonamides is 1. The van der Waals surface area contributed by atoms with Crippen LogP contribution >= 0.6 is 0 Å². The number of amides is 2. The van der Waals surface area contributed by atoms with E-state index in [4.69, 9.17) is 0 Å². The minimum absolute atomic E-state index is 0.0579. The number of aliphatic hydroxyl groups is 2. The molecular weight excluding hydrogens is 562 g/mol. The molecule has 4 aliphatic rings. The molecule has 0 heterocycles. The maximum absolute atomic E-state index is 12.8. The number of benzene rings is 1. The summed E-state index contributed by atoms with van der Waals surface area (Å²) in [5.74, 6) is 2.85. The minimum atomic E-state index is -3.97. The van der Waals surface area contributed by atoms with Crippen LogP contribution in [0.2, 0.25) is 0 Å². The monoisotopic (exact) mass is 617 g/mol. The summed E-state index contributed by atoms with van der Waals surface area (Å²) >= 11 is 0. The van der Waals surface area contributed by atoms with Crippen LogP contribution in [-0.4, -0.2) is 57.5 Å². The number of fused-ring (bicyclic) bond motifs is 5. The normalized spacial score (nSPS) is 39.6. The molecule has 2 amide bonds. The Labute approximate surface area is 259 Å². The zero-order valence-electron chi connectivity index (χ0n) is 27.1. The van der Waals surface area contributed by atoms with Crippen molar-refractivity contribution in [2.24, 2.45) is 52.3 Å². The summed E-state index contributed by atoms with van der Waals surface area (Å²) in [7, 11) is -0.301. The van der Waals surface area contributed by atoms with Crippen molar-refractivity contribution in [3.05, 3.63) is 24.3 Å². The number of carbonyl (C=O) groups excluding carboxylic acids is 1. The number of urea groups is 1. The third-order valence-electron chi connectivity index (χ3n) is 12.9. The van der Waals surface area contributed by atoms with E-state index in [-0.39, 0.29) is 33.9 Å². The predicted octanol–water partition coefficient (Wildman–Crippen LogP) is 5.39. The van der Waals surface area contributed by atoms with Gasteiger partial charge in [0.05, 0.1) is 17.1 Å². The van der Waals surface area contributed by atoms with Gasteiger partial charge in [0.2, 0.25) is 0 Å². The largest absolute Gasteiger partial charge is 0.393 e. The van der Waals surface area contributed by atoms with Crippen molar-refractivity contribution in [1.82, 2.24) is 10.0 Å². The molecule has 43 heavy (non-hydrogen) atoms. The van der Waals surface area contributed by atoms with Crippen LogP contribution in [0.3, 0.4) is 0 Å². The van der Waals surface area contributed by atoms with Gasteiger partial charge in [-0.2, -0.15) is 0 Å². The molecule has 1 aromatic rings. The Morgan fingerprint density at radius 2 is 1.74 bits per heavy atom. The summed E-state index contributed by atoms with van der Waals surface area (Å²) in [4.78, 5) is 14.5. The first kappa shape index (κ1) is 32.6. The summed E-state index contributed by atoms with van der Waals surface area (Å²) < 4.78 is 27.8. The highest BCUT2D eigenvalue weighted by atomic mass is 32.2. The number of hydrogen-bond donors (Lipinski definition) is 4. The summed E-state index contributed by atoms with van der Waals surface area (Å²) in [6.45, 7) is 9.84. The van der Waals surface area contributed by atoms with Crippen LogP contribution in [0, 0.1) is 52.3 Å². The van der Waals surface area contributed by atoms with E-state index < -0.39 is 16.1 Å². The fourth-order valence-corrected chi connectivity index (χ4v) is 11.7. The molecule has 4 aliphatic carbocycles. The predicted molar refractivity (Wildman–Crippen MR) is 170 cm³/mol. The Kier molecular flexibility index (Phi) is 9.21. The molecule has 4 saturated carbocycles. The molecule has 5 rings (SSSR count). The molecule has 4 N–H and O–H groups in total. The highest BCUT2D eigenvalue weighted by Gasteiger charge is 2.64. The number of anilines is 1. The summed E-state index contributed by atoms with van der Waals surface area (Å²) in [5, 5.41) is 25.3. The Hall–Kier alpha value is -1.84. The molecule has 0 radical (unpaired) electrons. The van der Waals surface area contributed by atoms with Crippen LogP contribution in [0.15, 0.2) is 29.2 Å². The number of aliphatic hydroxyl groups excluding tert-OH is 2. The lowest BCUT2D eigenvalue weighted by Gasteiger charge is -2.64. The second kappa shape index (κ2) is 12.2. The minimum Gasteiger partial charge on any atom is -0.393 e. The number of hydrogen-bond acceptors (Lipinski definition) is 6. The van der Waals surface area contributed by atoms with Crippen molar-refractivity contribution in [2.45, 2.75) is 103 Å². The first-order valence-corrected chi connectivity index (χ1v) is 18.2. The maximum atomic E-state index is 12.8. The van der Waals surface area contributed by atoms with Crippen molar-refractivity contribution in [3.8, 4) is 0 Å².